The van der Waals surface area contributed by atoms with Crippen molar-refractivity contribution in [3.05, 3.63) is 6.07 Å². The molecule has 2 rings (SSSR count). The first-order valence-corrected chi connectivity index (χ1v) is 6.30. The fraction of sp³-hybridized carbons (Fsp3) is 0.700. The Morgan fingerprint density at radius 2 is 2.27 bits per heavy atom. The maximum Gasteiger partial charge on any atom is 0.139 e. The van der Waals surface area contributed by atoms with Crippen LogP contribution in [0.15, 0.2) is 6.07 Å². The van der Waals surface area contributed by atoms with Crippen LogP contribution in [0.25, 0.3) is 0 Å². The van der Waals surface area contributed by atoms with E-state index in [2.05, 4.69) is 14.6 Å². The van der Waals surface area contributed by atoms with Gasteiger partial charge < -0.3 is 16.0 Å². The molecule has 15 heavy (non-hydrogen) atoms. The molecule has 3 N–H and O–H groups in total. The minimum atomic E-state index is 0.613. The highest BCUT2D eigenvalue weighted by Crippen LogP contribution is 2.17. The van der Waals surface area contributed by atoms with Crippen LogP contribution in [0.2, 0.25) is 0 Å². The Hall–Kier alpha value is -0.810. The fourth-order valence-electron chi connectivity index (χ4n) is 1.89. The van der Waals surface area contributed by atoms with Gasteiger partial charge in [-0.25, -0.2) is 0 Å². The lowest BCUT2D eigenvalue weighted by Gasteiger charge is -2.13. The highest BCUT2D eigenvalue weighted by Gasteiger charge is 2.09. The second-order valence-electron chi connectivity index (χ2n) is 3.95. The minimum Gasteiger partial charge on any atom is -0.383 e. The molecule has 1 aliphatic rings. The van der Waals surface area contributed by atoms with Crippen molar-refractivity contribution in [2.75, 3.05) is 37.2 Å². The maximum atomic E-state index is 5.53. The number of aromatic nitrogens is 1. The van der Waals surface area contributed by atoms with Crippen molar-refractivity contribution in [3.8, 4) is 0 Å². The number of hydrogen-bond acceptors (Lipinski definition) is 5. The van der Waals surface area contributed by atoms with Crippen LogP contribution in [-0.4, -0.2) is 35.5 Å². The van der Waals surface area contributed by atoms with E-state index in [4.69, 9.17) is 5.73 Å². The Balaban J connectivity index is 1.58. The van der Waals surface area contributed by atoms with Gasteiger partial charge in [-0.05, 0) is 50.4 Å². The molecule has 84 valence electrons. The van der Waals surface area contributed by atoms with E-state index in [-0.39, 0.29) is 0 Å². The van der Waals surface area contributed by atoms with Gasteiger partial charge in [-0.1, -0.05) is 0 Å². The Bertz CT molecular complexity index is 293. The summed E-state index contributed by atoms with van der Waals surface area (Å²) in [6.45, 7) is 4.79. The van der Waals surface area contributed by atoms with Gasteiger partial charge in [-0.3, -0.25) is 0 Å². The molecule has 0 atom stereocenters. The third-order valence-corrected chi connectivity index (χ3v) is 3.44. The molecule has 0 aromatic carbocycles. The molecule has 1 aromatic heterocycles. The number of rotatable bonds is 5. The molecule has 0 saturated carbocycles. The van der Waals surface area contributed by atoms with Crippen LogP contribution >= 0.6 is 11.5 Å². The largest absolute Gasteiger partial charge is 0.383 e. The molecule has 0 radical (unpaired) electrons. The molecule has 5 heteroatoms. The van der Waals surface area contributed by atoms with Crippen molar-refractivity contribution < 1.29 is 0 Å². The van der Waals surface area contributed by atoms with E-state index in [1.165, 1.54) is 50.4 Å². The summed E-state index contributed by atoms with van der Waals surface area (Å²) in [4.78, 5) is 2.53. The zero-order valence-electron chi connectivity index (χ0n) is 8.91. The Kier molecular flexibility index (Phi) is 3.80. The minimum absolute atomic E-state index is 0.613. The summed E-state index contributed by atoms with van der Waals surface area (Å²) in [6, 6.07) is 1.89. The predicted molar refractivity (Wildman–Crippen MR) is 65.3 cm³/mol. The predicted octanol–water partition coefficient (Wildman–Crippen LogP) is 1.62. The molecule has 0 spiro atoms. The molecule has 1 aliphatic heterocycles. The van der Waals surface area contributed by atoms with Gasteiger partial charge in [0.05, 0.1) is 0 Å². The average Bonchev–Trinajstić information content (AvgIpc) is 2.84. The SMILES string of the molecule is Nc1cc(NCCCN2CCCC2)sn1. The third kappa shape index (κ3) is 3.35. The van der Waals surface area contributed by atoms with E-state index >= 15 is 0 Å². The lowest BCUT2D eigenvalue weighted by molar-refractivity contribution is 0.337. The first-order chi connectivity index (χ1) is 7.34. The summed E-state index contributed by atoms with van der Waals surface area (Å²) in [7, 11) is 0. The monoisotopic (exact) mass is 226 g/mol. The van der Waals surface area contributed by atoms with Crippen molar-refractivity contribution in [2.45, 2.75) is 19.3 Å². The highest BCUT2D eigenvalue weighted by atomic mass is 32.1. The number of anilines is 2. The van der Waals surface area contributed by atoms with Crippen LogP contribution in [0, 0.1) is 0 Å². The molecule has 0 amide bonds. The van der Waals surface area contributed by atoms with Gasteiger partial charge in [0, 0.05) is 12.6 Å². The van der Waals surface area contributed by atoms with Crippen molar-refractivity contribution in [2.24, 2.45) is 0 Å². The summed E-state index contributed by atoms with van der Waals surface area (Å²) in [5.74, 6) is 0.613. The van der Waals surface area contributed by atoms with E-state index in [1.807, 2.05) is 6.07 Å². The summed E-state index contributed by atoms with van der Waals surface area (Å²) < 4.78 is 4.02. The molecule has 1 aromatic rings. The molecule has 0 aliphatic carbocycles. The third-order valence-electron chi connectivity index (χ3n) is 2.68. The normalized spacial score (nSPS) is 17.1. The number of nitrogens with one attached hydrogen (secondary N) is 1. The van der Waals surface area contributed by atoms with Crippen LogP contribution in [0.3, 0.4) is 0 Å². The summed E-state index contributed by atoms with van der Waals surface area (Å²) in [5.41, 5.74) is 5.53. The smallest absolute Gasteiger partial charge is 0.139 e. The molecule has 2 heterocycles. The Labute approximate surface area is 94.6 Å². The number of nitrogens with two attached hydrogens (primary N) is 1. The lowest BCUT2D eigenvalue weighted by atomic mass is 10.4. The van der Waals surface area contributed by atoms with Gasteiger partial charge in [0.2, 0.25) is 0 Å². The van der Waals surface area contributed by atoms with Crippen LogP contribution in [0.4, 0.5) is 10.8 Å². The standard InChI is InChI=1S/C10H18N4S/c11-9-8-10(15-13-9)12-4-3-7-14-5-1-2-6-14/h8,12H,1-7H2,(H2,11,13). The first-order valence-electron chi connectivity index (χ1n) is 5.53. The van der Waals surface area contributed by atoms with E-state index < -0.39 is 0 Å². The Morgan fingerprint density at radius 3 is 2.93 bits per heavy atom. The van der Waals surface area contributed by atoms with E-state index in [9.17, 15) is 0 Å². The van der Waals surface area contributed by atoms with Gasteiger partial charge in [-0.15, -0.1) is 0 Å². The van der Waals surface area contributed by atoms with E-state index in [0.717, 1.165) is 11.5 Å². The first kappa shape index (κ1) is 10.7. The summed E-state index contributed by atoms with van der Waals surface area (Å²) in [5, 5.41) is 4.42. The Morgan fingerprint density at radius 1 is 1.47 bits per heavy atom. The topological polar surface area (TPSA) is 54.2 Å². The van der Waals surface area contributed by atoms with Crippen LogP contribution in [0.1, 0.15) is 19.3 Å². The summed E-state index contributed by atoms with van der Waals surface area (Å²) in [6.07, 6.45) is 3.94. The van der Waals surface area contributed by atoms with Crippen LogP contribution in [-0.2, 0) is 0 Å². The zero-order chi connectivity index (χ0) is 10.5. The van der Waals surface area contributed by atoms with E-state index in [0.29, 0.717) is 5.82 Å². The van der Waals surface area contributed by atoms with Crippen molar-refractivity contribution in [1.29, 1.82) is 0 Å². The number of hydrogen-bond donors (Lipinski definition) is 2. The van der Waals surface area contributed by atoms with Gasteiger partial charge >= 0.3 is 0 Å². The second kappa shape index (κ2) is 5.32. The average molecular weight is 226 g/mol. The number of nitrogen functional groups attached to an aromatic ring is 1. The molecule has 0 unspecified atom stereocenters. The quantitative estimate of drug-likeness (QED) is 0.749. The van der Waals surface area contributed by atoms with Gasteiger partial charge in [-0.2, -0.15) is 4.37 Å². The molecular weight excluding hydrogens is 208 g/mol. The molecule has 1 fully saturated rings. The van der Waals surface area contributed by atoms with Gasteiger partial charge in [0.15, 0.2) is 0 Å². The lowest BCUT2D eigenvalue weighted by Crippen LogP contribution is -2.22. The second-order valence-corrected chi connectivity index (χ2v) is 4.75. The number of likely N-dealkylation sites (tertiary alicyclic amines) is 1. The molecule has 0 bridgehead atoms. The zero-order valence-corrected chi connectivity index (χ0v) is 9.72. The molecule has 1 saturated heterocycles. The maximum absolute atomic E-state index is 5.53. The van der Waals surface area contributed by atoms with Crippen LogP contribution in [0.5, 0.6) is 0 Å². The molecule has 4 nitrogen and oxygen atoms in total. The summed E-state index contributed by atoms with van der Waals surface area (Å²) >= 11 is 1.43. The van der Waals surface area contributed by atoms with Crippen LogP contribution < -0.4 is 11.1 Å². The fourth-order valence-corrected chi connectivity index (χ4v) is 2.49. The van der Waals surface area contributed by atoms with Gasteiger partial charge in [0.1, 0.15) is 10.8 Å². The van der Waals surface area contributed by atoms with Gasteiger partial charge in [0.25, 0.3) is 0 Å². The van der Waals surface area contributed by atoms with Crippen molar-refractivity contribution in [1.82, 2.24) is 9.27 Å². The van der Waals surface area contributed by atoms with E-state index in [1.54, 1.807) is 0 Å². The highest BCUT2D eigenvalue weighted by molar-refractivity contribution is 7.10. The van der Waals surface area contributed by atoms with Crippen molar-refractivity contribution in [3.63, 3.8) is 0 Å². The molecular formula is C10H18N4S. The number of nitrogens with zero attached hydrogens (tertiary/aromatic N) is 2. The van der Waals surface area contributed by atoms with Crippen molar-refractivity contribution >= 4 is 22.4 Å².